The zero-order chi connectivity index (χ0) is 20.2. The Morgan fingerprint density at radius 2 is 1.67 bits per heavy atom. The smallest absolute Gasteiger partial charge is 0.254 e. The van der Waals surface area contributed by atoms with Gasteiger partial charge in [0.15, 0.2) is 5.11 Å². The topological polar surface area (TPSA) is 53.2 Å². The first-order valence-corrected chi connectivity index (χ1v) is 9.52. The molecule has 1 amide bonds. The zero-order valence-electron chi connectivity index (χ0n) is 13.2. The molecule has 0 saturated carbocycles. The second-order valence-corrected chi connectivity index (χ2v) is 8.80. The molecule has 4 nitrogen and oxygen atoms in total. The van der Waals surface area contributed by atoms with Crippen molar-refractivity contribution in [3.05, 3.63) is 63.9 Å². The van der Waals surface area contributed by atoms with E-state index in [0.29, 0.717) is 10.7 Å². The number of carbonyl (C=O) groups is 1. The molecule has 0 aliphatic carbocycles. The van der Waals surface area contributed by atoms with E-state index in [1.807, 2.05) is 0 Å². The fraction of sp³-hybridized carbons (Fsp3) is 0.125. The van der Waals surface area contributed by atoms with Crippen molar-refractivity contribution in [3.8, 4) is 0 Å². The molecule has 2 aromatic carbocycles. The van der Waals surface area contributed by atoms with Crippen LogP contribution in [0.2, 0.25) is 10.0 Å². The lowest BCUT2D eigenvalue weighted by molar-refractivity contribution is 0.0934. The predicted molar refractivity (Wildman–Crippen MR) is 114 cm³/mol. The Hall–Kier alpha value is -1.02. The Bertz CT molecular complexity index is 845. The summed E-state index contributed by atoms with van der Waals surface area (Å²) in [6.07, 6.45) is -1.19. The highest BCUT2D eigenvalue weighted by molar-refractivity contribution is 7.80. The number of anilines is 1. The maximum atomic E-state index is 13.0. The summed E-state index contributed by atoms with van der Waals surface area (Å²) in [5.74, 6) is -1.00. The van der Waals surface area contributed by atoms with E-state index >= 15 is 0 Å². The van der Waals surface area contributed by atoms with Crippen LogP contribution in [-0.4, -0.2) is 21.0 Å². The number of hydrogen-bond acceptors (Lipinski definition) is 2. The second kappa shape index (κ2) is 9.45. The van der Waals surface area contributed by atoms with Crippen molar-refractivity contribution in [2.24, 2.45) is 0 Å². The van der Waals surface area contributed by atoms with E-state index in [1.165, 1.54) is 42.5 Å². The SMILES string of the molecule is O=C(NC(NC(=S)Nc1ccc(F)cc1)C(Cl)(Cl)Cl)c1ccc(Cl)cc1Cl. The van der Waals surface area contributed by atoms with Gasteiger partial charge in [-0.15, -0.1) is 0 Å². The molecule has 11 heteroatoms. The highest BCUT2D eigenvalue weighted by Crippen LogP contribution is 2.30. The molecule has 144 valence electrons. The van der Waals surface area contributed by atoms with Crippen LogP contribution in [0.1, 0.15) is 10.4 Å². The lowest BCUT2D eigenvalue weighted by atomic mass is 10.2. The molecule has 0 aliphatic rings. The molecule has 0 spiro atoms. The van der Waals surface area contributed by atoms with Gasteiger partial charge in [-0.25, -0.2) is 4.39 Å². The van der Waals surface area contributed by atoms with Crippen LogP contribution < -0.4 is 16.0 Å². The van der Waals surface area contributed by atoms with Crippen LogP contribution in [0.5, 0.6) is 0 Å². The quantitative estimate of drug-likeness (QED) is 0.300. The summed E-state index contributed by atoms with van der Waals surface area (Å²) in [5.41, 5.74) is 0.642. The summed E-state index contributed by atoms with van der Waals surface area (Å²) in [4.78, 5) is 12.5. The van der Waals surface area contributed by atoms with Gasteiger partial charge in [0.25, 0.3) is 5.91 Å². The fourth-order valence-corrected chi connectivity index (χ4v) is 2.97. The first-order valence-electron chi connectivity index (χ1n) is 7.22. The molecule has 27 heavy (non-hydrogen) atoms. The summed E-state index contributed by atoms with van der Waals surface area (Å²) in [7, 11) is 0. The zero-order valence-corrected chi connectivity index (χ0v) is 17.8. The minimum Gasteiger partial charge on any atom is -0.339 e. The number of rotatable bonds is 4. The van der Waals surface area contributed by atoms with Gasteiger partial charge in [-0.3, -0.25) is 4.79 Å². The summed E-state index contributed by atoms with van der Waals surface area (Å²) in [6, 6.07) is 9.80. The van der Waals surface area contributed by atoms with Gasteiger partial charge in [0.05, 0.1) is 10.6 Å². The Morgan fingerprint density at radius 3 is 2.22 bits per heavy atom. The monoisotopic (exact) mass is 487 g/mol. The lowest BCUT2D eigenvalue weighted by Gasteiger charge is -2.28. The van der Waals surface area contributed by atoms with Crippen molar-refractivity contribution in [1.82, 2.24) is 10.6 Å². The van der Waals surface area contributed by atoms with Crippen molar-refractivity contribution in [3.63, 3.8) is 0 Å². The minimum atomic E-state index is -1.94. The summed E-state index contributed by atoms with van der Waals surface area (Å²) in [5, 5.41) is 8.52. The number of halogens is 6. The maximum Gasteiger partial charge on any atom is 0.254 e. The summed E-state index contributed by atoms with van der Waals surface area (Å²) < 4.78 is 11.0. The van der Waals surface area contributed by atoms with Crippen molar-refractivity contribution in [1.29, 1.82) is 0 Å². The average Bonchev–Trinajstić information content (AvgIpc) is 2.55. The van der Waals surface area contributed by atoms with Crippen LogP contribution >= 0.6 is 70.2 Å². The van der Waals surface area contributed by atoms with Gasteiger partial charge >= 0.3 is 0 Å². The number of alkyl halides is 3. The van der Waals surface area contributed by atoms with Gasteiger partial charge in [-0.05, 0) is 54.7 Å². The lowest BCUT2D eigenvalue weighted by Crippen LogP contribution is -2.56. The van der Waals surface area contributed by atoms with E-state index in [1.54, 1.807) is 0 Å². The second-order valence-electron chi connectivity index (χ2n) is 5.18. The Balaban J connectivity index is 2.09. The van der Waals surface area contributed by atoms with E-state index < -0.39 is 21.7 Å². The Kier molecular flexibility index (Phi) is 7.80. The molecular weight excluding hydrogens is 479 g/mol. The number of benzene rings is 2. The van der Waals surface area contributed by atoms with Crippen LogP contribution in [0.3, 0.4) is 0 Å². The molecule has 2 aromatic rings. The third kappa shape index (κ3) is 6.82. The number of hydrogen-bond donors (Lipinski definition) is 3. The van der Waals surface area contributed by atoms with Crippen molar-refractivity contribution in [2.45, 2.75) is 9.96 Å². The van der Waals surface area contributed by atoms with Crippen molar-refractivity contribution < 1.29 is 9.18 Å². The molecule has 0 radical (unpaired) electrons. The van der Waals surface area contributed by atoms with Gasteiger partial charge in [0.2, 0.25) is 3.79 Å². The molecule has 0 heterocycles. The molecular formula is C16H11Cl5FN3OS. The summed E-state index contributed by atoms with van der Waals surface area (Å²) >= 11 is 34.7. The first kappa shape index (κ1) is 22.3. The number of carbonyl (C=O) groups excluding carboxylic acids is 1. The molecule has 1 unspecified atom stereocenters. The molecule has 0 saturated heterocycles. The van der Waals surface area contributed by atoms with Gasteiger partial charge in [-0.2, -0.15) is 0 Å². The highest BCUT2D eigenvalue weighted by Gasteiger charge is 2.35. The van der Waals surface area contributed by atoms with E-state index in [9.17, 15) is 9.18 Å². The van der Waals surface area contributed by atoms with Gasteiger partial charge in [0, 0.05) is 10.7 Å². The van der Waals surface area contributed by atoms with Crippen LogP contribution in [0.25, 0.3) is 0 Å². The van der Waals surface area contributed by atoms with Crippen LogP contribution in [0.15, 0.2) is 42.5 Å². The molecule has 0 aliphatic heterocycles. The molecule has 0 fully saturated rings. The number of nitrogens with one attached hydrogen (secondary N) is 3. The number of thiocarbonyl (C=S) groups is 1. The highest BCUT2D eigenvalue weighted by atomic mass is 35.6. The van der Waals surface area contributed by atoms with Gasteiger partial charge in [0.1, 0.15) is 12.0 Å². The average molecular weight is 490 g/mol. The van der Waals surface area contributed by atoms with Crippen molar-refractivity contribution in [2.75, 3.05) is 5.32 Å². The molecule has 1 atom stereocenters. The molecule has 0 aromatic heterocycles. The van der Waals surface area contributed by atoms with E-state index in [4.69, 9.17) is 70.2 Å². The van der Waals surface area contributed by atoms with Crippen LogP contribution in [-0.2, 0) is 0 Å². The standard InChI is InChI=1S/C16H11Cl5FN3OS/c17-8-1-6-11(12(18)7-8)13(26)24-14(16(19,20)21)25-15(27)23-10-4-2-9(22)3-5-10/h1-7,14H,(H,24,26)(H2,23,25,27). The first-order chi connectivity index (χ1) is 12.6. The predicted octanol–water partition coefficient (Wildman–Crippen LogP) is 5.55. The maximum absolute atomic E-state index is 13.0. The summed E-state index contributed by atoms with van der Waals surface area (Å²) in [6.45, 7) is 0. The van der Waals surface area contributed by atoms with Gasteiger partial charge < -0.3 is 16.0 Å². The third-order valence-electron chi connectivity index (χ3n) is 3.16. The van der Waals surface area contributed by atoms with Crippen molar-refractivity contribution >= 4 is 86.9 Å². The minimum absolute atomic E-state index is 0.0421. The third-order valence-corrected chi connectivity index (χ3v) is 4.58. The molecule has 0 bridgehead atoms. The number of amides is 1. The van der Waals surface area contributed by atoms with E-state index in [-0.39, 0.29) is 15.7 Å². The van der Waals surface area contributed by atoms with Gasteiger partial charge in [-0.1, -0.05) is 58.0 Å². The molecule has 3 N–H and O–H groups in total. The Labute approximate surface area is 185 Å². The molecule has 2 rings (SSSR count). The Morgan fingerprint density at radius 1 is 1.04 bits per heavy atom. The van der Waals surface area contributed by atoms with Crippen LogP contribution in [0.4, 0.5) is 10.1 Å². The fourth-order valence-electron chi connectivity index (χ4n) is 1.91. The normalized spacial score (nSPS) is 12.2. The largest absolute Gasteiger partial charge is 0.339 e. The van der Waals surface area contributed by atoms with E-state index in [0.717, 1.165) is 0 Å². The van der Waals surface area contributed by atoms with E-state index in [2.05, 4.69) is 16.0 Å². The van der Waals surface area contributed by atoms with Crippen LogP contribution in [0, 0.1) is 5.82 Å².